The molecule has 1 aliphatic heterocycles. The zero-order valence-corrected chi connectivity index (χ0v) is 11.8. The van der Waals surface area contributed by atoms with Gasteiger partial charge in [-0.15, -0.1) is 0 Å². The standard InChI is InChI=1S/C16H14O6/c1-20-16(19)15(10-4-11(17)7-12(18)5-10)9-2-3-13-14(6-9)22-8-21-13/h2-7,15,17-18H,8H2,1H3. The number of hydrogen-bond donors (Lipinski definition) is 2. The van der Waals surface area contributed by atoms with Gasteiger partial charge >= 0.3 is 5.97 Å². The van der Waals surface area contributed by atoms with Crippen molar-refractivity contribution in [1.82, 2.24) is 0 Å². The Hall–Kier alpha value is -2.89. The van der Waals surface area contributed by atoms with Gasteiger partial charge in [0.05, 0.1) is 7.11 Å². The Kier molecular flexibility index (Phi) is 3.50. The summed E-state index contributed by atoms with van der Waals surface area (Å²) >= 11 is 0. The molecule has 0 fully saturated rings. The lowest BCUT2D eigenvalue weighted by molar-refractivity contribution is -0.141. The van der Waals surface area contributed by atoms with Crippen LogP contribution in [0.1, 0.15) is 17.0 Å². The van der Waals surface area contributed by atoms with Crippen molar-refractivity contribution in [3.8, 4) is 23.0 Å². The number of fused-ring (bicyclic) bond motifs is 1. The minimum Gasteiger partial charge on any atom is -0.508 e. The fourth-order valence-corrected chi connectivity index (χ4v) is 2.46. The highest BCUT2D eigenvalue weighted by molar-refractivity contribution is 5.82. The van der Waals surface area contributed by atoms with E-state index >= 15 is 0 Å². The van der Waals surface area contributed by atoms with Crippen molar-refractivity contribution in [2.75, 3.05) is 13.9 Å². The Morgan fingerprint density at radius 1 is 1.05 bits per heavy atom. The number of phenolic OH excluding ortho intramolecular Hbond substituents is 2. The summed E-state index contributed by atoms with van der Waals surface area (Å²) < 4.78 is 15.4. The fraction of sp³-hybridized carbons (Fsp3) is 0.188. The molecule has 0 bridgehead atoms. The highest BCUT2D eigenvalue weighted by Crippen LogP contribution is 2.38. The van der Waals surface area contributed by atoms with Crippen molar-refractivity contribution in [2.24, 2.45) is 0 Å². The highest BCUT2D eigenvalue weighted by Gasteiger charge is 2.27. The molecule has 22 heavy (non-hydrogen) atoms. The molecular formula is C16H14O6. The van der Waals surface area contributed by atoms with E-state index in [9.17, 15) is 15.0 Å². The van der Waals surface area contributed by atoms with Crippen LogP contribution < -0.4 is 9.47 Å². The number of phenols is 2. The van der Waals surface area contributed by atoms with Crippen LogP contribution in [0, 0.1) is 0 Å². The van der Waals surface area contributed by atoms with Gasteiger partial charge in [-0.3, -0.25) is 4.79 Å². The van der Waals surface area contributed by atoms with Crippen LogP contribution in [0.5, 0.6) is 23.0 Å². The molecule has 2 aromatic rings. The number of ether oxygens (including phenoxy) is 3. The van der Waals surface area contributed by atoms with Crippen LogP contribution in [0.4, 0.5) is 0 Å². The Bertz CT molecular complexity index is 704. The minimum absolute atomic E-state index is 0.134. The Morgan fingerprint density at radius 2 is 1.73 bits per heavy atom. The number of methoxy groups -OCH3 is 1. The Balaban J connectivity index is 2.08. The Morgan fingerprint density at radius 3 is 2.41 bits per heavy atom. The molecule has 0 saturated heterocycles. The maximum atomic E-state index is 12.2. The van der Waals surface area contributed by atoms with E-state index in [1.165, 1.54) is 25.3 Å². The molecule has 0 amide bonds. The average molecular weight is 302 g/mol. The molecule has 1 unspecified atom stereocenters. The molecular weight excluding hydrogens is 288 g/mol. The first-order chi connectivity index (χ1) is 10.6. The third-order valence-corrected chi connectivity index (χ3v) is 3.43. The second-order valence-corrected chi connectivity index (χ2v) is 4.85. The summed E-state index contributed by atoms with van der Waals surface area (Å²) in [6, 6.07) is 9.12. The lowest BCUT2D eigenvalue weighted by atomic mass is 9.90. The van der Waals surface area contributed by atoms with Crippen molar-refractivity contribution in [2.45, 2.75) is 5.92 Å². The lowest BCUT2D eigenvalue weighted by Gasteiger charge is -2.16. The number of carbonyl (C=O) groups excluding carboxylic acids is 1. The number of hydrogen-bond acceptors (Lipinski definition) is 6. The lowest BCUT2D eigenvalue weighted by Crippen LogP contribution is -2.15. The number of rotatable bonds is 3. The van der Waals surface area contributed by atoms with Gasteiger partial charge in [-0.2, -0.15) is 0 Å². The van der Waals surface area contributed by atoms with Gasteiger partial charge in [-0.25, -0.2) is 0 Å². The summed E-state index contributed by atoms with van der Waals surface area (Å²) in [5.74, 6) is -0.433. The van der Waals surface area contributed by atoms with Crippen molar-refractivity contribution in [3.63, 3.8) is 0 Å². The van der Waals surface area contributed by atoms with Crippen LogP contribution >= 0.6 is 0 Å². The van der Waals surface area contributed by atoms with Gasteiger partial charge in [0.25, 0.3) is 0 Å². The first-order valence-electron chi connectivity index (χ1n) is 6.59. The quantitative estimate of drug-likeness (QED) is 0.845. The molecule has 3 rings (SSSR count). The van der Waals surface area contributed by atoms with E-state index in [0.717, 1.165) is 0 Å². The fourth-order valence-electron chi connectivity index (χ4n) is 2.46. The average Bonchev–Trinajstić information content (AvgIpc) is 2.94. The Labute approximate surface area is 126 Å². The van der Waals surface area contributed by atoms with Gasteiger partial charge in [0.2, 0.25) is 6.79 Å². The molecule has 0 spiro atoms. The van der Waals surface area contributed by atoms with Crippen LogP contribution in [0.3, 0.4) is 0 Å². The van der Waals surface area contributed by atoms with Crippen LogP contribution in [-0.2, 0) is 9.53 Å². The second kappa shape index (κ2) is 5.48. The van der Waals surface area contributed by atoms with Crippen molar-refractivity contribution >= 4 is 5.97 Å². The summed E-state index contributed by atoms with van der Waals surface area (Å²) in [6.45, 7) is 0.134. The van der Waals surface area contributed by atoms with Crippen LogP contribution in [0.25, 0.3) is 0 Å². The van der Waals surface area contributed by atoms with E-state index in [-0.39, 0.29) is 18.3 Å². The molecule has 2 aromatic carbocycles. The highest BCUT2D eigenvalue weighted by atomic mass is 16.7. The SMILES string of the molecule is COC(=O)C(c1cc(O)cc(O)c1)c1ccc2c(c1)OCO2. The van der Waals surface area contributed by atoms with Gasteiger partial charge in [0, 0.05) is 6.07 Å². The second-order valence-electron chi connectivity index (χ2n) is 4.85. The van der Waals surface area contributed by atoms with Crippen LogP contribution in [0.2, 0.25) is 0 Å². The summed E-state index contributed by atoms with van der Waals surface area (Å²) in [6.07, 6.45) is 0. The molecule has 1 atom stereocenters. The van der Waals surface area contributed by atoms with Crippen LogP contribution in [-0.4, -0.2) is 30.1 Å². The molecule has 0 saturated carbocycles. The van der Waals surface area contributed by atoms with E-state index in [1.54, 1.807) is 18.2 Å². The van der Waals surface area contributed by atoms with Gasteiger partial charge in [0.15, 0.2) is 11.5 Å². The molecule has 0 aromatic heterocycles. The number of aromatic hydroxyl groups is 2. The molecule has 0 radical (unpaired) electrons. The maximum absolute atomic E-state index is 12.2. The summed E-state index contributed by atoms with van der Waals surface area (Å²) in [5, 5.41) is 19.3. The first kappa shape index (κ1) is 14.1. The third kappa shape index (κ3) is 2.50. The molecule has 0 aliphatic carbocycles. The van der Waals surface area contributed by atoms with Gasteiger partial charge in [-0.1, -0.05) is 6.07 Å². The monoisotopic (exact) mass is 302 g/mol. The van der Waals surface area contributed by atoms with Gasteiger partial charge in [-0.05, 0) is 35.4 Å². The molecule has 1 aliphatic rings. The normalized spacial score (nSPS) is 13.7. The maximum Gasteiger partial charge on any atom is 0.317 e. The van der Waals surface area contributed by atoms with Crippen molar-refractivity contribution < 1.29 is 29.2 Å². The van der Waals surface area contributed by atoms with E-state index in [0.29, 0.717) is 22.6 Å². The van der Waals surface area contributed by atoms with E-state index in [1.807, 2.05) is 0 Å². The minimum atomic E-state index is -0.794. The molecule has 1 heterocycles. The van der Waals surface area contributed by atoms with E-state index < -0.39 is 11.9 Å². The summed E-state index contributed by atoms with van der Waals surface area (Å²) in [7, 11) is 1.28. The van der Waals surface area contributed by atoms with Crippen molar-refractivity contribution in [1.29, 1.82) is 0 Å². The van der Waals surface area contributed by atoms with E-state index in [2.05, 4.69) is 0 Å². The smallest absolute Gasteiger partial charge is 0.317 e. The zero-order chi connectivity index (χ0) is 15.7. The molecule has 114 valence electrons. The number of esters is 1. The summed E-state index contributed by atoms with van der Waals surface area (Å²) in [4.78, 5) is 12.2. The first-order valence-corrected chi connectivity index (χ1v) is 6.59. The summed E-state index contributed by atoms with van der Waals surface area (Å²) in [5.41, 5.74) is 1.03. The van der Waals surface area contributed by atoms with E-state index in [4.69, 9.17) is 14.2 Å². The molecule has 6 heteroatoms. The largest absolute Gasteiger partial charge is 0.508 e. The van der Waals surface area contributed by atoms with Gasteiger partial charge in [0.1, 0.15) is 17.4 Å². The topological polar surface area (TPSA) is 85.2 Å². The molecule has 2 N–H and O–H groups in total. The van der Waals surface area contributed by atoms with Crippen LogP contribution in [0.15, 0.2) is 36.4 Å². The number of benzene rings is 2. The predicted molar refractivity (Wildman–Crippen MR) is 76.2 cm³/mol. The van der Waals surface area contributed by atoms with Gasteiger partial charge < -0.3 is 24.4 Å². The molecule has 6 nitrogen and oxygen atoms in total. The third-order valence-electron chi connectivity index (χ3n) is 3.43. The number of carbonyl (C=O) groups is 1. The predicted octanol–water partition coefficient (Wildman–Crippen LogP) is 2.13. The van der Waals surface area contributed by atoms with Crippen molar-refractivity contribution in [3.05, 3.63) is 47.5 Å². The zero-order valence-electron chi connectivity index (χ0n) is 11.8.